The van der Waals surface area contributed by atoms with E-state index in [0.29, 0.717) is 4.99 Å². The standard InChI is InChI=1S/C22H21F4N5O4S/c23-16-9-14(30-12-15(35-22(30)33)11-28-20(32)19(25)26)10-17(24)18(16)29-5-6-31(34-8-7-29)21(36)13-1-3-27-4-2-13/h1-4,9-10,15,19H,5-8,11-12H2,(H,28,32)/t15-/m0/s1. The normalized spacial score (nSPS) is 18.3. The Kier molecular flexibility index (Phi) is 7.84. The number of nitrogens with zero attached hydrogens (tertiary/aromatic N) is 4. The average Bonchev–Trinajstić information content (AvgIpc) is 3.06. The minimum atomic E-state index is -3.21. The number of hydrogen-bond donors (Lipinski definition) is 1. The second kappa shape index (κ2) is 11.0. The fourth-order valence-corrected chi connectivity index (χ4v) is 4.09. The lowest BCUT2D eigenvalue weighted by molar-refractivity contribution is -0.132. The van der Waals surface area contributed by atoms with Crippen LogP contribution in [0.2, 0.25) is 0 Å². The second-order valence-corrected chi connectivity index (χ2v) is 8.27. The Labute approximate surface area is 208 Å². The van der Waals surface area contributed by atoms with Crippen molar-refractivity contribution in [3.8, 4) is 0 Å². The van der Waals surface area contributed by atoms with E-state index in [-0.39, 0.29) is 50.7 Å². The number of halogens is 4. The molecule has 1 N–H and O–H groups in total. The number of carbonyl (C=O) groups is 2. The van der Waals surface area contributed by atoms with E-state index in [1.165, 1.54) is 9.96 Å². The van der Waals surface area contributed by atoms with Crippen LogP contribution in [0.1, 0.15) is 5.56 Å². The Morgan fingerprint density at radius 2 is 1.86 bits per heavy atom. The minimum absolute atomic E-state index is 0.104. The number of ether oxygens (including phenoxy) is 1. The zero-order chi connectivity index (χ0) is 25.8. The maximum atomic E-state index is 15.1. The highest BCUT2D eigenvalue weighted by Gasteiger charge is 2.34. The first-order valence-corrected chi connectivity index (χ1v) is 11.3. The molecule has 0 bridgehead atoms. The molecule has 0 radical (unpaired) electrons. The zero-order valence-corrected chi connectivity index (χ0v) is 19.5. The summed E-state index contributed by atoms with van der Waals surface area (Å²) in [4.78, 5) is 35.7. The van der Waals surface area contributed by atoms with Crippen molar-refractivity contribution < 1.29 is 36.7 Å². The number of anilines is 2. The molecule has 0 unspecified atom stereocenters. The molecule has 2 amide bonds. The van der Waals surface area contributed by atoms with Crippen LogP contribution in [0.5, 0.6) is 0 Å². The lowest BCUT2D eigenvalue weighted by Gasteiger charge is -2.25. The number of hydroxylamine groups is 2. The molecule has 4 rings (SSSR count). The van der Waals surface area contributed by atoms with Gasteiger partial charge in [0.2, 0.25) is 0 Å². The SMILES string of the molecule is O=C(NC[C@H]1CN(c2cc(F)c(N3CCON(C(=S)c4ccncc4)CC3)c(F)c2)C(=O)O1)C(F)F. The van der Waals surface area contributed by atoms with Crippen LogP contribution in [0, 0.1) is 11.6 Å². The molecule has 36 heavy (non-hydrogen) atoms. The van der Waals surface area contributed by atoms with Crippen LogP contribution < -0.4 is 15.1 Å². The molecule has 2 saturated heterocycles. The highest BCUT2D eigenvalue weighted by molar-refractivity contribution is 7.80. The molecular weight excluding hydrogens is 506 g/mol. The van der Waals surface area contributed by atoms with Crippen molar-refractivity contribution in [1.29, 1.82) is 0 Å². The lowest BCUT2D eigenvalue weighted by atomic mass is 10.2. The molecule has 0 spiro atoms. The van der Waals surface area contributed by atoms with Crippen molar-refractivity contribution >= 4 is 40.6 Å². The number of alkyl halides is 2. The third kappa shape index (κ3) is 5.65. The van der Waals surface area contributed by atoms with Gasteiger partial charge in [0.15, 0.2) is 11.6 Å². The molecule has 0 aliphatic carbocycles. The van der Waals surface area contributed by atoms with E-state index in [1.807, 2.05) is 5.32 Å². The van der Waals surface area contributed by atoms with Crippen LogP contribution in [0.25, 0.3) is 0 Å². The maximum Gasteiger partial charge on any atom is 0.414 e. The van der Waals surface area contributed by atoms with Gasteiger partial charge >= 0.3 is 12.5 Å². The number of hydrogen-bond acceptors (Lipinski definition) is 7. The van der Waals surface area contributed by atoms with Gasteiger partial charge in [0, 0.05) is 43.2 Å². The van der Waals surface area contributed by atoms with Gasteiger partial charge in [-0.15, -0.1) is 0 Å². The van der Waals surface area contributed by atoms with E-state index in [4.69, 9.17) is 21.8 Å². The van der Waals surface area contributed by atoms with Crippen LogP contribution in [-0.2, 0) is 14.4 Å². The monoisotopic (exact) mass is 527 g/mol. The fraction of sp³-hybridized carbons (Fsp3) is 0.364. The van der Waals surface area contributed by atoms with Gasteiger partial charge in [0.25, 0.3) is 5.91 Å². The van der Waals surface area contributed by atoms with Crippen molar-refractivity contribution in [1.82, 2.24) is 15.4 Å². The van der Waals surface area contributed by atoms with Gasteiger partial charge in [-0.3, -0.25) is 19.5 Å². The molecule has 1 atom stereocenters. The number of benzene rings is 1. The Morgan fingerprint density at radius 1 is 1.17 bits per heavy atom. The van der Waals surface area contributed by atoms with Crippen LogP contribution in [-0.4, -0.2) is 78.9 Å². The summed E-state index contributed by atoms with van der Waals surface area (Å²) in [5.41, 5.74) is 0.333. The number of nitrogens with one attached hydrogen (secondary N) is 1. The van der Waals surface area contributed by atoms with E-state index in [9.17, 15) is 18.4 Å². The number of cyclic esters (lactones) is 1. The summed E-state index contributed by atoms with van der Waals surface area (Å²) in [7, 11) is 0. The van der Waals surface area contributed by atoms with Crippen LogP contribution in [0.4, 0.5) is 33.7 Å². The van der Waals surface area contributed by atoms with Crippen molar-refractivity contribution in [3.05, 3.63) is 53.9 Å². The molecule has 14 heteroatoms. The lowest BCUT2D eigenvalue weighted by Crippen LogP contribution is -2.37. The van der Waals surface area contributed by atoms with Gasteiger partial charge in [-0.1, -0.05) is 12.2 Å². The zero-order valence-electron chi connectivity index (χ0n) is 18.7. The van der Waals surface area contributed by atoms with Gasteiger partial charge < -0.3 is 15.0 Å². The first-order chi connectivity index (χ1) is 17.2. The van der Waals surface area contributed by atoms with Crippen molar-refractivity contribution in [3.63, 3.8) is 0 Å². The maximum absolute atomic E-state index is 15.1. The van der Waals surface area contributed by atoms with E-state index in [2.05, 4.69) is 4.98 Å². The number of pyridine rings is 1. The molecule has 2 aliphatic rings. The molecule has 2 fully saturated rings. The number of carbonyl (C=O) groups excluding carboxylic acids is 2. The van der Waals surface area contributed by atoms with Crippen molar-refractivity contribution in [2.24, 2.45) is 0 Å². The molecule has 1 aromatic carbocycles. The highest BCUT2D eigenvalue weighted by atomic mass is 32.1. The number of rotatable bonds is 6. The predicted molar refractivity (Wildman–Crippen MR) is 124 cm³/mol. The van der Waals surface area contributed by atoms with Crippen LogP contribution in [0.15, 0.2) is 36.7 Å². The van der Waals surface area contributed by atoms with Crippen molar-refractivity contribution in [2.45, 2.75) is 12.5 Å². The molecule has 0 saturated carbocycles. The average molecular weight is 528 g/mol. The Bertz CT molecular complexity index is 1120. The summed E-state index contributed by atoms with van der Waals surface area (Å²) < 4.78 is 59.8. The quantitative estimate of drug-likeness (QED) is 0.453. The van der Waals surface area contributed by atoms with Gasteiger partial charge in [0.05, 0.1) is 31.9 Å². The summed E-state index contributed by atoms with van der Waals surface area (Å²) in [5, 5.41) is 3.43. The first-order valence-electron chi connectivity index (χ1n) is 10.9. The molecule has 2 aromatic rings. The van der Waals surface area contributed by atoms with Gasteiger partial charge in [0.1, 0.15) is 16.8 Å². The Balaban J connectivity index is 1.43. The summed E-state index contributed by atoms with van der Waals surface area (Å²) in [6.45, 7) is 0.207. The summed E-state index contributed by atoms with van der Waals surface area (Å²) in [6, 6.07) is 5.44. The molecule has 3 heterocycles. The van der Waals surface area contributed by atoms with E-state index >= 15 is 8.78 Å². The smallest absolute Gasteiger partial charge is 0.414 e. The van der Waals surface area contributed by atoms with E-state index in [1.54, 1.807) is 24.5 Å². The van der Waals surface area contributed by atoms with Crippen LogP contribution in [0.3, 0.4) is 0 Å². The number of aromatic nitrogens is 1. The van der Waals surface area contributed by atoms with Crippen LogP contribution >= 0.6 is 12.2 Å². The third-order valence-corrected chi connectivity index (χ3v) is 5.98. The van der Waals surface area contributed by atoms with Gasteiger partial charge in [-0.05, 0) is 12.1 Å². The molecule has 9 nitrogen and oxygen atoms in total. The third-order valence-electron chi connectivity index (χ3n) is 5.54. The molecular formula is C22H21F4N5O4S. The molecule has 192 valence electrons. The van der Waals surface area contributed by atoms with Gasteiger partial charge in [-0.25, -0.2) is 18.6 Å². The van der Waals surface area contributed by atoms with Crippen molar-refractivity contribution in [2.75, 3.05) is 49.1 Å². The largest absolute Gasteiger partial charge is 0.442 e. The second-order valence-electron chi connectivity index (χ2n) is 7.88. The number of amides is 2. The summed E-state index contributed by atoms with van der Waals surface area (Å²) in [5.74, 6) is -3.32. The highest BCUT2D eigenvalue weighted by Crippen LogP contribution is 2.31. The number of thiocarbonyl (C=S) groups is 1. The first kappa shape index (κ1) is 25.6. The minimum Gasteiger partial charge on any atom is -0.442 e. The van der Waals surface area contributed by atoms with E-state index in [0.717, 1.165) is 22.6 Å². The van der Waals surface area contributed by atoms with Gasteiger partial charge in [-0.2, -0.15) is 8.78 Å². The summed E-state index contributed by atoms with van der Waals surface area (Å²) >= 11 is 5.45. The van der Waals surface area contributed by atoms with E-state index < -0.39 is 36.2 Å². The summed E-state index contributed by atoms with van der Waals surface area (Å²) in [6.07, 6.45) is -1.90. The molecule has 1 aromatic heterocycles. The Hall–Kier alpha value is -3.52. The predicted octanol–water partition coefficient (Wildman–Crippen LogP) is 2.50. The fourth-order valence-electron chi connectivity index (χ4n) is 3.81. The Morgan fingerprint density at radius 3 is 2.53 bits per heavy atom. The topological polar surface area (TPSA) is 87.2 Å². The molecule has 2 aliphatic heterocycles.